The summed E-state index contributed by atoms with van der Waals surface area (Å²) in [5, 5.41) is 6.56. The molecule has 0 unspecified atom stereocenters. The summed E-state index contributed by atoms with van der Waals surface area (Å²) >= 11 is 1.47. The van der Waals surface area contributed by atoms with Crippen LogP contribution in [0, 0.1) is 0 Å². The van der Waals surface area contributed by atoms with E-state index in [0.29, 0.717) is 30.1 Å². The molecule has 6 nitrogen and oxygen atoms in total. The second-order valence-corrected chi connectivity index (χ2v) is 3.21. The zero-order chi connectivity index (χ0) is 10.4. The Labute approximate surface area is 87.1 Å². The second-order valence-electron chi connectivity index (χ2n) is 2.43. The zero-order valence-corrected chi connectivity index (χ0v) is 9.06. The lowest BCUT2D eigenvalue weighted by Gasteiger charge is -2.05. The molecule has 14 heavy (non-hydrogen) atoms. The summed E-state index contributed by atoms with van der Waals surface area (Å²) in [6.45, 7) is 1.20. The van der Waals surface area contributed by atoms with E-state index in [0.717, 1.165) is 0 Å². The molecule has 0 spiro atoms. The van der Waals surface area contributed by atoms with Gasteiger partial charge in [-0.2, -0.15) is 15.0 Å². The summed E-state index contributed by atoms with van der Waals surface area (Å²) in [6, 6.07) is 0. The van der Waals surface area contributed by atoms with Crippen molar-refractivity contribution < 1.29 is 0 Å². The SMILES string of the molecule is CNc1nc(NCCN)nc(SC)n1. The lowest BCUT2D eigenvalue weighted by atomic mass is 10.6. The monoisotopic (exact) mass is 214 g/mol. The van der Waals surface area contributed by atoms with Gasteiger partial charge in [0.1, 0.15) is 0 Å². The zero-order valence-electron chi connectivity index (χ0n) is 8.24. The van der Waals surface area contributed by atoms with Crippen LogP contribution in [0.5, 0.6) is 0 Å². The van der Waals surface area contributed by atoms with Gasteiger partial charge in [-0.15, -0.1) is 0 Å². The molecule has 0 aliphatic heterocycles. The van der Waals surface area contributed by atoms with Gasteiger partial charge in [0.05, 0.1) is 0 Å². The Bertz CT molecular complexity index is 269. The maximum absolute atomic E-state index is 5.36. The van der Waals surface area contributed by atoms with Crippen LogP contribution in [0.2, 0.25) is 0 Å². The molecule has 0 saturated carbocycles. The van der Waals surface area contributed by atoms with Crippen molar-refractivity contribution in [3.8, 4) is 0 Å². The van der Waals surface area contributed by atoms with Gasteiger partial charge in [-0.3, -0.25) is 0 Å². The fourth-order valence-corrected chi connectivity index (χ4v) is 1.18. The molecule has 1 aromatic rings. The van der Waals surface area contributed by atoms with E-state index in [1.807, 2.05) is 6.26 Å². The molecule has 0 bridgehead atoms. The third-order valence-electron chi connectivity index (χ3n) is 1.45. The van der Waals surface area contributed by atoms with E-state index in [2.05, 4.69) is 25.6 Å². The summed E-state index contributed by atoms with van der Waals surface area (Å²) in [7, 11) is 1.77. The number of nitrogens with zero attached hydrogens (tertiary/aromatic N) is 3. The largest absolute Gasteiger partial charge is 0.357 e. The maximum Gasteiger partial charge on any atom is 0.228 e. The highest BCUT2D eigenvalue weighted by Crippen LogP contribution is 2.12. The van der Waals surface area contributed by atoms with Gasteiger partial charge in [0, 0.05) is 20.1 Å². The van der Waals surface area contributed by atoms with Gasteiger partial charge < -0.3 is 16.4 Å². The lowest BCUT2D eigenvalue weighted by Crippen LogP contribution is -2.15. The average Bonchev–Trinajstić information content (AvgIpc) is 2.25. The maximum atomic E-state index is 5.36. The van der Waals surface area contributed by atoms with Crippen molar-refractivity contribution >= 4 is 23.7 Å². The van der Waals surface area contributed by atoms with Gasteiger partial charge in [-0.25, -0.2) is 0 Å². The third-order valence-corrected chi connectivity index (χ3v) is 2.00. The van der Waals surface area contributed by atoms with Crippen molar-refractivity contribution in [1.29, 1.82) is 0 Å². The Kier molecular flexibility index (Phi) is 4.41. The minimum Gasteiger partial charge on any atom is -0.357 e. The standard InChI is InChI=1S/C7H14N6S/c1-9-5-11-6(10-4-3-8)13-7(12-5)14-2/h3-4,8H2,1-2H3,(H2,9,10,11,12,13). The minimum absolute atomic E-state index is 0.551. The first-order valence-corrected chi connectivity index (χ1v) is 5.44. The molecular weight excluding hydrogens is 200 g/mol. The molecule has 0 fully saturated rings. The second kappa shape index (κ2) is 5.61. The van der Waals surface area contributed by atoms with Gasteiger partial charge in [-0.05, 0) is 6.26 Å². The molecule has 4 N–H and O–H groups in total. The Morgan fingerprint density at radius 1 is 1.29 bits per heavy atom. The summed E-state index contributed by atoms with van der Waals surface area (Å²) in [5.74, 6) is 1.11. The van der Waals surface area contributed by atoms with Crippen LogP contribution in [0.1, 0.15) is 0 Å². The molecule has 0 aromatic carbocycles. The predicted molar refractivity (Wildman–Crippen MR) is 58.7 cm³/mol. The number of anilines is 2. The minimum atomic E-state index is 0.551. The van der Waals surface area contributed by atoms with E-state index in [9.17, 15) is 0 Å². The van der Waals surface area contributed by atoms with Gasteiger partial charge in [0.25, 0.3) is 0 Å². The van der Waals surface area contributed by atoms with Crippen molar-refractivity contribution in [2.45, 2.75) is 5.16 Å². The molecule has 1 aromatic heterocycles. The van der Waals surface area contributed by atoms with E-state index >= 15 is 0 Å². The highest BCUT2D eigenvalue weighted by molar-refractivity contribution is 7.98. The molecule has 0 aliphatic rings. The molecule has 0 atom stereocenters. The summed E-state index contributed by atoms with van der Waals surface area (Å²) in [6.07, 6.45) is 1.92. The van der Waals surface area contributed by atoms with Crippen molar-refractivity contribution in [2.75, 3.05) is 37.0 Å². The fraction of sp³-hybridized carbons (Fsp3) is 0.571. The molecule has 0 amide bonds. The first-order valence-electron chi connectivity index (χ1n) is 4.22. The number of nitrogens with one attached hydrogen (secondary N) is 2. The quantitative estimate of drug-likeness (QED) is 0.595. The van der Waals surface area contributed by atoms with Crippen LogP contribution in [-0.2, 0) is 0 Å². The highest BCUT2D eigenvalue weighted by atomic mass is 32.2. The topological polar surface area (TPSA) is 88.8 Å². The molecule has 7 heteroatoms. The fourth-order valence-electron chi connectivity index (χ4n) is 0.823. The van der Waals surface area contributed by atoms with E-state index in [4.69, 9.17) is 5.73 Å². The number of hydrogen-bond acceptors (Lipinski definition) is 7. The average molecular weight is 214 g/mol. The van der Waals surface area contributed by atoms with Crippen molar-refractivity contribution in [2.24, 2.45) is 5.73 Å². The number of rotatable bonds is 5. The Balaban J connectivity index is 2.81. The highest BCUT2D eigenvalue weighted by Gasteiger charge is 2.03. The molecular formula is C7H14N6S. The van der Waals surface area contributed by atoms with Crippen LogP contribution in [0.4, 0.5) is 11.9 Å². The lowest BCUT2D eigenvalue weighted by molar-refractivity contribution is 0.893. The van der Waals surface area contributed by atoms with E-state index < -0.39 is 0 Å². The normalized spacial score (nSPS) is 9.93. The van der Waals surface area contributed by atoms with Gasteiger partial charge in [-0.1, -0.05) is 11.8 Å². The molecule has 78 valence electrons. The van der Waals surface area contributed by atoms with Crippen LogP contribution in [0.15, 0.2) is 5.16 Å². The van der Waals surface area contributed by atoms with Crippen LogP contribution in [0.3, 0.4) is 0 Å². The molecule has 0 aliphatic carbocycles. The van der Waals surface area contributed by atoms with Crippen LogP contribution < -0.4 is 16.4 Å². The smallest absolute Gasteiger partial charge is 0.228 e. The Hall–Kier alpha value is -1.08. The molecule has 0 radical (unpaired) electrons. The summed E-state index contributed by atoms with van der Waals surface area (Å²) in [4.78, 5) is 12.4. The first-order chi connectivity index (χ1) is 6.80. The summed E-state index contributed by atoms with van der Waals surface area (Å²) in [5.41, 5.74) is 5.36. The van der Waals surface area contributed by atoms with Gasteiger partial charge in [0.15, 0.2) is 5.16 Å². The first kappa shape index (κ1) is 11.0. The number of hydrogen-bond donors (Lipinski definition) is 3. The molecule has 1 heterocycles. The molecule has 0 saturated heterocycles. The number of aromatic nitrogens is 3. The van der Waals surface area contributed by atoms with Gasteiger partial charge >= 0.3 is 0 Å². The van der Waals surface area contributed by atoms with E-state index in [-0.39, 0.29) is 0 Å². The van der Waals surface area contributed by atoms with E-state index in [1.54, 1.807) is 7.05 Å². The Morgan fingerprint density at radius 3 is 2.57 bits per heavy atom. The van der Waals surface area contributed by atoms with Gasteiger partial charge in [0.2, 0.25) is 11.9 Å². The van der Waals surface area contributed by atoms with Crippen LogP contribution in [-0.4, -0.2) is 41.3 Å². The third kappa shape index (κ3) is 3.00. The van der Waals surface area contributed by atoms with Crippen molar-refractivity contribution in [3.63, 3.8) is 0 Å². The Morgan fingerprint density at radius 2 is 2.00 bits per heavy atom. The summed E-state index contributed by atoms with van der Waals surface area (Å²) < 4.78 is 0. The van der Waals surface area contributed by atoms with Crippen molar-refractivity contribution in [1.82, 2.24) is 15.0 Å². The number of nitrogens with two attached hydrogens (primary N) is 1. The molecule has 1 rings (SSSR count). The van der Waals surface area contributed by atoms with Crippen LogP contribution >= 0.6 is 11.8 Å². The van der Waals surface area contributed by atoms with Crippen molar-refractivity contribution in [3.05, 3.63) is 0 Å². The number of thioether (sulfide) groups is 1. The predicted octanol–water partition coefficient (Wildman–Crippen LogP) is 0.00580. The van der Waals surface area contributed by atoms with E-state index in [1.165, 1.54) is 11.8 Å². The van der Waals surface area contributed by atoms with Crippen LogP contribution in [0.25, 0.3) is 0 Å².